The molecule has 0 aliphatic carbocycles. The zero-order chi connectivity index (χ0) is 11.9. The van der Waals surface area contributed by atoms with Crippen molar-refractivity contribution in [2.45, 2.75) is 12.9 Å². The summed E-state index contributed by atoms with van der Waals surface area (Å²) in [6.45, 7) is 0.345. The van der Waals surface area contributed by atoms with Crippen LogP contribution in [0.3, 0.4) is 0 Å². The maximum atomic E-state index is 10.8. The summed E-state index contributed by atoms with van der Waals surface area (Å²) in [5, 5.41) is 18.0. The van der Waals surface area contributed by atoms with Gasteiger partial charge in [0, 0.05) is 0 Å². The molecule has 90 valence electrons. The average molecular weight is 264 g/mol. The molecular weight excluding hydrogens is 256 g/mol. The summed E-state index contributed by atoms with van der Waals surface area (Å²) in [6, 6.07) is 0. The minimum atomic E-state index is -4.93. The summed E-state index contributed by atoms with van der Waals surface area (Å²) < 4.78 is 54.2. The molecule has 1 unspecified atom stereocenters. The van der Waals surface area contributed by atoms with Crippen molar-refractivity contribution in [1.29, 1.82) is 0 Å². The molecule has 11 heteroatoms. The molecule has 15 heavy (non-hydrogen) atoms. The van der Waals surface area contributed by atoms with E-state index in [1.54, 1.807) is 0 Å². The minimum absolute atomic E-state index is 0.762. The first-order valence-corrected chi connectivity index (χ1v) is 6.22. The molecule has 9 nitrogen and oxygen atoms in total. The van der Waals surface area contributed by atoms with E-state index >= 15 is 0 Å². The SMILES string of the molecule is CC(CO)C1(O)OS(=O)(=O)OS(=O)(=O)O1. The van der Waals surface area contributed by atoms with E-state index in [-0.39, 0.29) is 0 Å². The van der Waals surface area contributed by atoms with E-state index in [2.05, 4.69) is 12.0 Å². The van der Waals surface area contributed by atoms with Crippen molar-refractivity contribution < 1.29 is 39.0 Å². The molecule has 0 radical (unpaired) electrons. The zero-order valence-electron chi connectivity index (χ0n) is 7.35. The number of aliphatic hydroxyl groups excluding tert-OH is 1. The second-order valence-corrected chi connectivity index (χ2v) is 5.28. The molecule has 1 atom stereocenters. The Morgan fingerprint density at radius 2 is 1.60 bits per heavy atom. The molecule has 0 spiro atoms. The summed E-state index contributed by atoms with van der Waals surface area (Å²) in [4.78, 5) is 0. The van der Waals surface area contributed by atoms with Gasteiger partial charge in [0.05, 0.1) is 12.5 Å². The standard InChI is InChI=1S/C4H8O9S2/c1-3(2-5)4(6)11-14(7,8)13-15(9,10)12-4/h3,5-6H,2H2,1H3. The minimum Gasteiger partial charge on any atom is -0.396 e. The lowest BCUT2D eigenvalue weighted by atomic mass is 10.1. The summed E-state index contributed by atoms with van der Waals surface area (Å²) in [5.74, 6) is -4.31. The molecule has 1 fully saturated rings. The second kappa shape index (κ2) is 3.62. The van der Waals surface area contributed by atoms with Gasteiger partial charge in [0.1, 0.15) is 0 Å². The molecule has 1 aliphatic rings. The van der Waals surface area contributed by atoms with Gasteiger partial charge in [-0.15, -0.1) is 3.63 Å². The summed E-state index contributed by atoms with van der Waals surface area (Å²) in [6.07, 6.45) is 0. The Labute approximate surface area is 85.8 Å². The van der Waals surface area contributed by atoms with E-state index in [0.29, 0.717) is 0 Å². The lowest BCUT2D eigenvalue weighted by molar-refractivity contribution is -0.312. The molecule has 1 aliphatic heterocycles. The fourth-order valence-electron chi connectivity index (χ4n) is 0.716. The Bertz CT molecular complexity index is 399. The van der Waals surface area contributed by atoms with Crippen molar-refractivity contribution in [1.82, 2.24) is 0 Å². The number of aliphatic hydroxyl groups is 2. The van der Waals surface area contributed by atoms with Gasteiger partial charge in [-0.2, -0.15) is 25.2 Å². The van der Waals surface area contributed by atoms with Crippen LogP contribution in [0.2, 0.25) is 0 Å². The van der Waals surface area contributed by atoms with E-state index in [1.807, 2.05) is 0 Å². The van der Waals surface area contributed by atoms with Crippen molar-refractivity contribution in [3.63, 3.8) is 0 Å². The van der Waals surface area contributed by atoms with Crippen LogP contribution < -0.4 is 0 Å². The van der Waals surface area contributed by atoms with Crippen molar-refractivity contribution in [2.24, 2.45) is 5.92 Å². The topological polar surface area (TPSA) is 136 Å². The maximum Gasteiger partial charge on any atom is 0.420 e. The largest absolute Gasteiger partial charge is 0.420 e. The van der Waals surface area contributed by atoms with E-state index < -0.39 is 39.3 Å². The van der Waals surface area contributed by atoms with Crippen molar-refractivity contribution in [3.05, 3.63) is 0 Å². The van der Waals surface area contributed by atoms with E-state index in [1.165, 1.54) is 0 Å². The number of hydrogen-bond acceptors (Lipinski definition) is 9. The summed E-state index contributed by atoms with van der Waals surface area (Å²) in [5.41, 5.74) is 0. The van der Waals surface area contributed by atoms with Crippen LogP contribution in [-0.2, 0) is 32.8 Å². The number of rotatable bonds is 2. The maximum absolute atomic E-state index is 10.8. The lowest BCUT2D eigenvalue weighted by Crippen LogP contribution is -2.51. The van der Waals surface area contributed by atoms with Crippen LogP contribution in [0.5, 0.6) is 0 Å². The van der Waals surface area contributed by atoms with E-state index in [4.69, 9.17) is 5.11 Å². The number of hydrogen-bond donors (Lipinski definition) is 2. The van der Waals surface area contributed by atoms with Crippen LogP contribution >= 0.6 is 0 Å². The molecule has 0 bridgehead atoms. The van der Waals surface area contributed by atoms with Gasteiger partial charge in [-0.1, -0.05) is 6.92 Å². The Balaban J connectivity index is 3.14. The second-order valence-electron chi connectivity index (χ2n) is 2.77. The monoisotopic (exact) mass is 264 g/mol. The highest BCUT2D eigenvalue weighted by Crippen LogP contribution is 2.31. The fourth-order valence-corrected chi connectivity index (χ4v) is 2.78. The highest BCUT2D eigenvalue weighted by Gasteiger charge is 2.52. The Hall–Kier alpha value is -0.300. The first kappa shape index (κ1) is 12.8. The quantitative estimate of drug-likeness (QED) is 0.569. The third-order valence-corrected chi connectivity index (χ3v) is 3.73. The van der Waals surface area contributed by atoms with Crippen molar-refractivity contribution >= 4 is 20.8 Å². The van der Waals surface area contributed by atoms with Gasteiger partial charge >= 0.3 is 26.8 Å². The van der Waals surface area contributed by atoms with Crippen molar-refractivity contribution in [2.75, 3.05) is 6.61 Å². The molecule has 0 aromatic carbocycles. The van der Waals surface area contributed by atoms with Crippen LogP contribution in [0, 0.1) is 5.92 Å². The zero-order valence-corrected chi connectivity index (χ0v) is 8.99. The van der Waals surface area contributed by atoms with Gasteiger partial charge in [0.25, 0.3) is 0 Å². The molecule has 0 aromatic heterocycles. The van der Waals surface area contributed by atoms with Gasteiger partial charge < -0.3 is 10.2 Å². The molecular formula is C4H8O9S2. The third-order valence-electron chi connectivity index (χ3n) is 1.51. The third kappa shape index (κ3) is 2.84. The van der Waals surface area contributed by atoms with Gasteiger partial charge in [-0.3, -0.25) is 0 Å². The Morgan fingerprint density at radius 1 is 1.20 bits per heavy atom. The molecule has 1 saturated heterocycles. The molecule has 2 N–H and O–H groups in total. The van der Waals surface area contributed by atoms with Gasteiger partial charge in [-0.05, 0) is 0 Å². The van der Waals surface area contributed by atoms with E-state index in [9.17, 15) is 21.9 Å². The highest BCUT2D eigenvalue weighted by atomic mass is 32.3. The summed E-state index contributed by atoms with van der Waals surface area (Å²) in [7, 11) is -9.85. The van der Waals surface area contributed by atoms with Gasteiger partial charge in [-0.25, -0.2) is 0 Å². The fraction of sp³-hybridized carbons (Fsp3) is 1.00. The van der Waals surface area contributed by atoms with Gasteiger partial charge in [0.2, 0.25) is 0 Å². The molecule has 0 aromatic rings. The molecule has 1 heterocycles. The first-order valence-electron chi connectivity index (χ1n) is 3.56. The van der Waals surface area contributed by atoms with Crippen molar-refractivity contribution in [3.8, 4) is 0 Å². The van der Waals surface area contributed by atoms with E-state index in [0.717, 1.165) is 6.92 Å². The molecule has 1 rings (SSSR count). The van der Waals surface area contributed by atoms with Crippen LogP contribution in [0.25, 0.3) is 0 Å². The van der Waals surface area contributed by atoms with Crippen LogP contribution in [0.4, 0.5) is 0 Å². The lowest BCUT2D eigenvalue weighted by Gasteiger charge is -2.32. The smallest absolute Gasteiger partial charge is 0.396 e. The predicted molar refractivity (Wildman–Crippen MR) is 42.3 cm³/mol. The predicted octanol–water partition coefficient (Wildman–Crippen LogP) is -2.19. The van der Waals surface area contributed by atoms with Crippen LogP contribution in [0.15, 0.2) is 0 Å². The van der Waals surface area contributed by atoms with Crippen LogP contribution in [-0.4, -0.2) is 39.6 Å². The molecule has 0 saturated carbocycles. The normalized spacial score (nSPS) is 29.5. The van der Waals surface area contributed by atoms with Crippen LogP contribution in [0.1, 0.15) is 6.92 Å². The Morgan fingerprint density at radius 3 is 1.93 bits per heavy atom. The molecule has 0 amide bonds. The summed E-state index contributed by atoms with van der Waals surface area (Å²) >= 11 is 0. The van der Waals surface area contributed by atoms with Gasteiger partial charge in [0.15, 0.2) is 0 Å². The average Bonchev–Trinajstić information content (AvgIpc) is 1.95. The highest BCUT2D eigenvalue weighted by molar-refractivity contribution is 7.95. The first-order chi connectivity index (χ1) is 6.60. The Kier molecular flexibility index (Phi) is 3.08.